The van der Waals surface area contributed by atoms with Crippen LogP contribution in [0.5, 0.6) is 5.88 Å². The van der Waals surface area contributed by atoms with Crippen LogP contribution in [0.2, 0.25) is 0 Å². The Balaban J connectivity index is 2.05. The number of aromatic nitrogens is 1. The Morgan fingerprint density at radius 2 is 2.17 bits per heavy atom. The van der Waals surface area contributed by atoms with Crippen molar-refractivity contribution >= 4 is 41.0 Å². The van der Waals surface area contributed by atoms with Gasteiger partial charge >= 0.3 is 5.97 Å². The molecule has 1 aromatic heterocycles. The summed E-state index contributed by atoms with van der Waals surface area (Å²) >= 11 is 6.30. The predicted octanol–water partition coefficient (Wildman–Crippen LogP) is 1.30. The first-order valence-electron chi connectivity index (χ1n) is 7.34. The van der Waals surface area contributed by atoms with Crippen LogP contribution in [0.3, 0.4) is 0 Å². The summed E-state index contributed by atoms with van der Waals surface area (Å²) in [5, 5.41) is 11.7. The van der Waals surface area contributed by atoms with Gasteiger partial charge in [0.1, 0.15) is 11.4 Å². The van der Waals surface area contributed by atoms with Crippen molar-refractivity contribution in [2.24, 2.45) is 4.99 Å². The van der Waals surface area contributed by atoms with Gasteiger partial charge < -0.3 is 9.84 Å². The molecule has 1 N–H and O–H groups in total. The summed E-state index contributed by atoms with van der Waals surface area (Å²) in [5.74, 6) is -1.13. The van der Waals surface area contributed by atoms with Crippen LogP contribution >= 0.6 is 23.6 Å². The lowest BCUT2D eigenvalue weighted by atomic mass is 10.1. The van der Waals surface area contributed by atoms with Gasteiger partial charge in [-0.25, -0.2) is 4.99 Å². The summed E-state index contributed by atoms with van der Waals surface area (Å²) in [6.07, 6.45) is 0.711. The topological polar surface area (TPSA) is 80.9 Å². The number of esters is 1. The molecule has 0 atom stereocenters. The molecule has 24 heavy (non-hydrogen) atoms. The van der Waals surface area contributed by atoms with E-state index in [9.17, 15) is 14.7 Å². The first-order chi connectivity index (χ1) is 11.5. The molecule has 8 heteroatoms. The number of thiazole rings is 1. The lowest BCUT2D eigenvalue weighted by Crippen LogP contribution is -2.22. The van der Waals surface area contributed by atoms with Crippen molar-refractivity contribution in [1.29, 1.82) is 0 Å². The third kappa shape index (κ3) is 2.90. The zero-order valence-electron chi connectivity index (χ0n) is 12.8. The number of para-hydroxylation sites is 1. The van der Waals surface area contributed by atoms with E-state index in [2.05, 4.69) is 4.99 Å². The summed E-state index contributed by atoms with van der Waals surface area (Å²) < 4.78 is 6.58. The van der Waals surface area contributed by atoms with E-state index in [0.29, 0.717) is 38.0 Å². The molecule has 2 aromatic rings. The van der Waals surface area contributed by atoms with Crippen LogP contribution in [0.1, 0.15) is 18.2 Å². The monoisotopic (exact) mass is 362 g/mol. The minimum Gasteiger partial charge on any atom is -0.493 e. The van der Waals surface area contributed by atoms with Crippen LogP contribution in [0.4, 0.5) is 0 Å². The highest BCUT2D eigenvalue weighted by Gasteiger charge is 2.25. The molecular weight excluding hydrogens is 348 g/mol. The number of fused-ring (bicyclic) bond motifs is 1. The van der Waals surface area contributed by atoms with Gasteiger partial charge in [0.2, 0.25) is 5.88 Å². The molecule has 0 fully saturated rings. The fourth-order valence-corrected chi connectivity index (χ4v) is 3.71. The quantitative estimate of drug-likeness (QED) is 0.640. The summed E-state index contributed by atoms with van der Waals surface area (Å²) in [5.41, 5.74) is 0.305. The second-order valence-electron chi connectivity index (χ2n) is 5.14. The molecule has 0 saturated carbocycles. The largest absolute Gasteiger partial charge is 0.493 e. The second-order valence-corrected chi connectivity index (χ2v) is 6.78. The third-order valence-corrected chi connectivity index (χ3v) is 4.92. The Hall–Kier alpha value is -2.32. The Kier molecular flexibility index (Phi) is 4.59. The van der Waals surface area contributed by atoms with Crippen LogP contribution in [0.15, 0.2) is 29.3 Å². The zero-order chi connectivity index (χ0) is 17.3. The smallest absolute Gasteiger partial charge is 0.326 e. The third-order valence-electron chi connectivity index (χ3n) is 3.46. The number of amides is 1. The molecule has 1 aliphatic heterocycles. The maximum absolute atomic E-state index is 12.2. The maximum atomic E-state index is 12.2. The Bertz CT molecular complexity index is 1000. The number of aromatic hydroxyl groups is 1. The lowest BCUT2D eigenvalue weighted by molar-refractivity contribution is -0.144. The van der Waals surface area contributed by atoms with E-state index in [1.165, 1.54) is 4.57 Å². The van der Waals surface area contributed by atoms with Gasteiger partial charge in [-0.05, 0) is 24.7 Å². The SMILES string of the molecule is CCCOC(=O)Cn1c(O)c(C2=c3ccccc3=NC2=O)sc1=S. The minimum atomic E-state index is -0.486. The molecule has 1 aromatic carbocycles. The van der Waals surface area contributed by atoms with Gasteiger partial charge in [0.15, 0.2) is 3.95 Å². The van der Waals surface area contributed by atoms with Gasteiger partial charge in [0.05, 0.1) is 17.5 Å². The van der Waals surface area contributed by atoms with Crippen molar-refractivity contribution in [3.63, 3.8) is 0 Å². The Morgan fingerprint density at radius 3 is 2.92 bits per heavy atom. The molecule has 6 nitrogen and oxygen atoms in total. The van der Waals surface area contributed by atoms with Crippen LogP contribution in [-0.2, 0) is 20.9 Å². The van der Waals surface area contributed by atoms with Crippen LogP contribution in [0.25, 0.3) is 5.57 Å². The average molecular weight is 362 g/mol. The molecule has 0 bridgehead atoms. The molecule has 3 rings (SSSR count). The number of carbonyl (C=O) groups excluding carboxylic acids is 2. The highest BCUT2D eigenvalue weighted by atomic mass is 32.1. The van der Waals surface area contributed by atoms with Gasteiger partial charge in [-0.2, -0.15) is 0 Å². The number of benzene rings is 1. The fourth-order valence-electron chi connectivity index (χ4n) is 2.37. The maximum Gasteiger partial charge on any atom is 0.326 e. The number of hydrogen-bond acceptors (Lipinski definition) is 6. The molecule has 0 aliphatic carbocycles. The number of ether oxygens (including phenoxy) is 1. The van der Waals surface area contributed by atoms with Crippen molar-refractivity contribution in [2.75, 3.05) is 6.61 Å². The molecule has 1 aliphatic rings. The van der Waals surface area contributed by atoms with Crippen LogP contribution in [-0.4, -0.2) is 28.2 Å². The average Bonchev–Trinajstić information content (AvgIpc) is 3.03. The molecule has 0 unspecified atom stereocenters. The van der Waals surface area contributed by atoms with Gasteiger partial charge in [0.25, 0.3) is 5.91 Å². The summed E-state index contributed by atoms with van der Waals surface area (Å²) in [6.45, 7) is 2.01. The molecule has 1 amide bonds. The fraction of sp³-hybridized carbons (Fsp3) is 0.250. The molecular formula is C16H14N2O4S2. The van der Waals surface area contributed by atoms with Gasteiger partial charge in [0, 0.05) is 5.22 Å². The number of nitrogens with zero attached hydrogens (tertiary/aromatic N) is 2. The Morgan fingerprint density at radius 1 is 1.42 bits per heavy atom. The van der Waals surface area contributed by atoms with Crippen LogP contribution < -0.4 is 10.6 Å². The van der Waals surface area contributed by atoms with Gasteiger partial charge in [-0.3, -0.25) is 14.2 Å². The Labute approximate surface area is 146 Å². The van der Waals surface area contributed by atoms with E-state index in [1.54, 1.807) is 24.3 Å². The first-order valence-corrected chi connectivity index (χ1v) is 8.56. The van der Waals surface area contributed by atoms with Gasteiger partial charge in [-0.15, -0.1) is 11.3 Å². The van der Waals surface area contributed by atoms with E-state index in [1.807, 2.05) is 6.92 Å². The summed E-state index contributed by atoms with van der Waals surface area (Å²) in [7, 11) is 0. The standard InChI is InChI=1S/C16H14N2O4S2/c1-2-7-22-11(19)8-18-15(21)13(24-16(18)23)12-9-5-3-4-6-10(9)17-14(12)20/h3-6,21H,2,7-8H2,1H3. The highest BCUT2D eigenvalue weighted by Crippen LogP contribution is 2.32. The highest BCUT2D eigenvalue weighted by molar-refractivity contribution is 7.73. The normalized spacial score (nSPS) is 12.9. The molecule has 124 valence electrons. The van der Waals surface area contributed by atoms with Crippen molar-refractivity contribution < 1.29 is 19.4 Å². The van der Waals surface area contributed by atoms with E-state index in [0.717, 1.165) is 11.3 Å². The molecule has 0 radical (unpaired) electrons. The van der Waals surface area contributed by atoms with E-state index in [-0.39, 0.29) is 12.4 Å². The van der Waals surface area contributed by atoms with Crippen molar-refractivity contribution in [2.45, 2.75) is 19.9 Å². The van der Waals surface area contributed by atoms with Crippen molar-refractivity contribution in [3.05, 3.63) is 43.7 Å². The van der Waals surface area contributed by atoms with E-state index >= 15 is 0 Å². The second kappa shape index (κ2) is 6.66. The molecule has 0 saturated heterocycles. The summed E-state index contributed by atoms with van der Waals surface area (Å²) in [4.78, 5) is 28.3. The predicted molar refractivity (Wildman–Crippen MR) is 90.8 cm³/mol. The number of rotatable bonds is 5. The molecule has 0 spiro atoms. The van der Waals surface area contributed by atoms with Crippen molar-refractivity contribution in [1.82, 2.24) is 4.57 Å². The van der Waals surface area contributed by atoms with Crippen LogP contribution in [0, 0.1) is 3.95 Å². The molecule has 2 heterocycles. The first kappa shape index (κ1) is 16.5. The van der Waals surface area contributed by atoms with E-state index < -0.39 is 11.9 Å². The number of carbonyl (C=O) groups is 2. The summed E-state index contributed by atoms with van der Waals surface area (Å²) in [6, 6.07) is 7.08. The van der Waals surface area contributed by atoms with Gasteiger partial charge in [-0.1, -0.05) is 25.1 Å². The zero-order valence-corrected chi connectivity index (χ0v) is 14.4. The van der Waals surface area contributed by atoms with Crippen molar-refractivity contribution in [3.8, 4) is 5.88 Å². The van der Waals surface area contributed by atoms with E-state index in [4.69, 9.17) is 17.0 Å². The minimum absolute atomic E-state index is 0.193. The number of hydrogen-bond donors (Lipinski definition) is 1. The lowest BCUT2D eigenvalue weighted by Gasteiger charge is -2.05.